The quantitative estimate of drug-likeness (QED) is 0.328. The van der Waals surface area contributed by atoms with Gasteiger partial charge < -0.3 is 15.6 Å². The van der Waals surface area contributed by atoms with Crippen molar-refractivity contribution in [2.24, 2.45) is 5.41 Å². The van der Waals surface area contributed by atoms with E-state index >= 15 is 0 Å². The number of hydrogen-bond donors (Lipinski definition) is 3. The van der Waals surface area contributed by atoms with Crippen molar-refractivity contribution in [3.63, 3.8) is 0 Å². The van der Waals surface area contributed by atoms with E-state index < -0.39 is 17.5 Å². The molecule has 0 unspecified atom stereocenters. The number of alkyl halides is 3. The number of carbonyl (C=O) groups is 1. The van der Waals surface area contributed by atoms with Gasteiger partial charge in [0.2, 0.25) is 5.91 Å². The summed E-state index contributed by atoms with van der Waals surface area (Å²) in [6, 6.07) is 15.4. The fourth-order valence-electron chi connectivity index (χ4n) is 4.67. The third kappa shape index (κ3) is 3.67. The number of amides is 1. The molecule has 0 saturated heterocycles. The number of hydrogen-bond acceptors (Lipinski definition) is 4. The molecule has 1 aliphatic carbocycles. The van der Waals surface area contributed by atoms with Gasteiger partial charge in [-0.15, -0.1) is 0 Å². The Balaban J connectivity index is 1.42. The van der Waals surface area contributed by atoms with Gasteiger partial charge in [-0.1, -0.05) is 31.0 Å². The molecule has 0 atom stereocenters. The molecule has 0 bridgehead atoms. The maximum absolute atomic E-state index is 13.6. The molecule has 1 aliphatic rings. The number of benzene rings is 2. The van der Waals surface area contributed by atoms with Gasteiger partial charge in [0.05, 0.1) is 5.69 Å². The SMILES string of the molecule is O=C(Nc1ccc(Nc2ccnc3[nH]c(=O)c4ccccc4c23)cc1)C1(C(F)(F)F)CCCC1. The van der Waals surface area contributed by atoms with Crippen molar-refractivity contribution in [2.45, 2.75) is 31.9 Å². The van der Waals surface area contributed by atoms with E-state index in [0.29, 0.717) is 40.9 Å². The fraction of sp³-hybridized carbons (Fsp3) is 0.240. The van der Waals surface area contributed by atoms with Crippen molar-refractivity contribution in [3.8, 4) is 0 Å². The molecule has 2 heterocycles. The van der Waals surface area contributed by atoms with Crippen LogP contribution >= 0.6 is 0 Å². The van der Waals surface area contributed by atoms with Gasteiger partial charge in [-0.25, -0.2) is 4.98 Å². The number of halogens is 3. The maximum Gasteiger partial charge on any atom is 0.403 e. The minimum atomic E-state index is -4.58. The van der Waals surface area contributed by atoms with Crippen LogP contribution in [0, 0.1) is 5.41 Å². The van der Waals surface area contributed by atoms with Crippen LogP contribution in [0.2, 0.25) is 0 Å². The van der Waals surface area contributed by atoms with Gasteiger partial charge >= 0.3 is 6.18 Å². The van der Waals surface area contributed by atoms with Crippen LogP contribution in [0.15, 0.2) is 65.6 Å². The largest absolute Gasteiger partial charge is 0.403 e. The average molecular weight is 466 g/mol. The van der Waals surface area contributed by atoms with Crippen molar-refractivity contribution >= 4 is 44.8 Å². The summed E-state index contributed by atoms with van der Waals surface area (Å²) in [4.78, 5) is 32.0. The molecule has 3 N–H and O–H groups in total. The van der Waals surface area contributed by atoms with E-state index in [1.54, 1.807) is 48.7 Å². The summed E-state index contributed by atoms with van der Waals surface area (Å²) in [5.74, 6) is -1.01. The zero-order valence-electron chi connectivity index (χ0n) is 18.0. The second-order valence-electron chi connectivity index (χ2n) is 8.53. The molecule has 174 valence electrons. The summed E-state index contributed by atoms with van der Waals surface area (Å²) in [7, 11) is 0. The topological polar surface area (TPSA) is 86.9 Å². The van der Waals surface area contributed by atoms with E-state index in [9.17, 15) is 22.8 Å². The molecule has 1 saturated carbocycles. The molecule has 5 rings (SSSR count). The summed E-state index contributed by atoms with van der Waals surface area (Å²) >= 11 is 0. The highest BCUT2D eigenvalue weighted by molar-refractivity contribution is 6.10. The zero-order chi connectivity index (χ0) is 23.9. The molecule has 2 aromatic heterocycles. The van der Waals surface area contributed by atoms with E-state index in [0.717, 1.165) is 10.8 Å². The first kappa shape index (κ1) is 21.9. The van der Waals surface area contributed by atoms with Crippen LogP contribution in [0.5, 0.6) is 0 Å². The summed E-state index contributed by atoms with van der Waals surface area (Å²) in [6.07, 6.45) is -2.62. The number of nitrogens with one attached hydrogen (secondary N) is 3. The van der Waals surface area contributed by atoms with Crippen molar-refractivity contribution in [1.29, 1.82) is 0 Å². The van der Waals surface area contributed by atoms with Gasteiger partial charge in [-0.05, 0) is 49.2 Å². The Morgan fingerprint density at radius 2 is 1.59 bits per heavy atom. The van der Waals surface area contributed by atoms with Gasteiger partial charge in [-0.2, -0.15) is 13.2 Å². The number of nitrogens with zero attached hydrogens (tertiary/aromatic N) is 1. The Hall–Kier alpha value is -3.88. The van der Waals surface area contributed by atoms with Gasteiger partial charge in [-0.3, -0.25) is 9.59 Å². The van der Waals surface area contributed by atoms with Gasteiger partial charge in [0, 0.05) is 33.7 Å². The normalized spacial score (nSPS) is 15.5. The highest BCUT2D eigenvalue weighted by Gasteiger charge is 2.60. The fourth-order valence-corrected chi connectivity index (χ4v) is 4.67. The van der Waals surface area contributed by atoms with Crippen molar-refractivity contribution in [2.75, 3.05) is 10.6 Å². The number of aromatic nitrogens is 2. The lowest BCUT2D eigenvalue weighted by Crippen LogP contribution is -2.46. The van der Waals surface area contributed by atoms with Gasteiger partial charge in [0.1, 0.15) is 11.1 Å². The van der Waals surface area contributed by atoms with E-state index in [1.165, 1.54) is 0 Å². The molecule has 0 spiro atoms. The van der Waals surface area contributed by atoms with Crippen LogP contribution in [0.3, 0.4) is 0 Å². The molecule has 4 aromatic rings. The Morgan fingerprint density at radius 3 is 2.26 bits per heavy atom. The molecule has 0 radical (unpaired) electrons. The highest BCUT2D eigenvalue weighted by Crippen LogP contribution is 2.51. The molecular formula is C25H21F3N4O2. The van der Waals surface area contributed by atoms with E-state index in [4.69, 9.17) is 0 Å². The number of rotatable bonds is 4. The van der Waals surface area contributed by atoms with Crippen LogP contribution in [0.25, 0.3) is 21.8 Å². The number of carbonyl (C=O) groups excluding carboxylic acids is 1. The predicted octanol–water partition coefficient (Wildman–Crippen LogP) is 5.88. The summed E-state index contributed by atoms with van der Waals surface area (Å²) in [5, 5.41) is 7.74. The first-order valence-corrected chi connectivity index (χ1v) is 10.9. The highest BCUT2D eigenvalue weighted by atomic mass is 19.4. The second-order valence-corrected chi connectivity index (χ2v) is 8.53. The van der Waals surface area contributed by atoms with Gasteiger partial charge in [0.15, 0.2) is 0 Å². The summed E-state index contributed by atoms with van der Waals surface area (Å²) in [6.45, 7) is 0. The lowest BCUT2D eigenvalue weighted by Gasteiger charge is -2.30. The number of aromatic amines is 1. The standard InChI is InChI=1S/C25H21F3N4O2/c26-25(27,28)24(12-3-4-13-24)23(34)31-16-9-7-15(8-10-16)30-19-11-14-29-21-20(19)17-5-1-2-6-18(17)22(33)32-21/h1-2,5-11,14H,3-4,12-13H2,(H,31,34)(H2,29,30,32,33). The first-order valence-electron chi connectivity index (χ1n) is 10.9. The van der Waals surface area contributed by atoms with Crippen LogP contribution < -0.4 is 16.2 Å². The number of pyridine rings is 2. The third-order valence-electron chi connectivity index (χ3n) is 6.48. The maximum atomic E-state index is 13.6. The van der Waals surface area contributed by atoms with Crippen LogP contribution in [-0.2, 0) is 4.79 Å². The molecule has 0 aliphatic heterocycles. The van der Waals surface area contributed by atoms with Crippen molar-refractivity contribution in [1.82, 2.24) is 9.97 Å². The lowest BCUT2D eigenvalue weighted by atomic mass is 9.84. The molecule has 34 heavy (non-hydrogen) atoms. The molecule has 1 amide bonds. The third-order valence-corrected chi connectivity index (χ3v) is 6.48. The minimum absolute atomic E-state index is 0.187. The molecule has 6 nitrogen and oxygen atoms in total. The number of anilines is 3. The first-order chi connectivity index (χ1) is 16.3. The Labute approximate surface area is 192 Å². The number of fused-ring (bicyclic) bond motifs is 3. The van der Waals surface area contributed by atoms with Crippen LogP contribution in [-0.4, -0.2) is 22.1 Å². The zero-order valence-corrected chi connectivity index (χ0v) is 18.0. The van der Waals surface area contributed by atoms with E-state index in [2.05, 4.69) is 20.6 Å². The Kier molecular flexibility index (Phi) is 5.27. The molecule has 1 fully saturated rings. The molecular weight excluding hydrogens is 445 g/mol. The second kappa shape index (κ2) is 8.16. The van der Waals surface area contributed by atoms with E-state index in [-0.39, 0.29) is 18.4 Å². The van der Waals surface area contributed by atoms with Crippen LogP contribution in [0.1, 0.15) is 25.7 Å². The van der Waals surface area contributed by atoms with Crippen LogP contribution in [0.4, 0.5) is 30.2 Å². The average Bonchev–Trinajstić information content (AvgIpc) is 3.32. The summed E-state index contributed by atoms with van der Waals surface area (Å²) in [5.41, 5.74) is -0.458. The Morgan fingerprint density at radius 1 is 0.941 bits per heavy atom. The van der Waals surface area contributed by atoms with Crippen molar-refractivity contribution < 1.29 is 18.0 Å². The smallest absolute Gasteiger partial charge is 0.355 e. The summed E-state index contributed by atoms with van der Waals surface area (Å²) < 4.78 is 40.9. The molecule has 2 aromatic carbocycles. The monoisotopic (exact) mass is 466 g/mol. The molecule has 9 heteroatoms. The van der Waals surface area contributed by atoms with Gasteiger partial charge in [0.25, 0.3) is 5.56 Å². The lowest BCUT2D eigenvalue weighted by molar-refractivity contribution is -0.217. The minimum Gasteiger partial charge on any atom is -0.355 e. The van der Waals surface area contributed by atoms with Crippen molar-refractivity contribution in [3.05, 3.63) is 71.1 Å². The van der Waals surface area contributed by atoms with E-state index in [1.807, 2.05) is 12.1 Å². The predicted molar refractivity (Wildman–Crippen MR) is 125 cm³/mol. The Bertz CT molecular complexity index is 1440. The number of H-pyrrole nitrogens is 1.